The molecule has 0 radical (unpaired) electrons. The van der Waals surface area contributed by atoms with Crippen LogP contribution in [-0.4, -0.2) is 69.9 Å². The molecule has 1 saturated heterocycles. The number of imide groups is 2. The average molecular weight is 752 g/mol. The number of unbranched alkanes of at least 4 members (excludes halogenated alkanes) is 2. The number of rotatable bonds is 14. The molecule has 5 aromatic rings. The molecular formula is C43H41N7O6. The number of carbonyl (C=O) groups is 6. The number of nitrogens with one attached hydrogen (secondary N) is 4. The maximum absolute atomic E-state index is 13.3. The van der Waals surface area contributed by atoms with E-state index in [2.05, 4.69) is 26.3 Å². The Morgan fingerprint density at radius 2 is 1.66 bits per heavy atom. The quantitative estimate of drug-likeness (QED) is 0.0870. The third-order valence-corrected chi connectivity index (χ3v) is 10.1. The van der Waals surface area contributed by atoms with Gasteiger partial charge in [0.2, 0.25) is 17.7 Å². The van der Waals surface area contributed by atoms with Crippen LogP contribution in [0, 0.1) is 0 Å². The molecule has 56 heavy (non-hydrogen) atoms. The van der Waals surface area contributed by atoms with Crippen molar-refractivity contribution >= 4 is 57.7 Å². The minimum absolute atomic E-state index is 0.0477. The second kappa shape index (κ2) is 16.7. The highest BCUT2D eigenvalue weighted by Gasteiger charge is 2.45. The molecule has 1 atom stereocenters. The molecule has 4 heterocycles. The summed E-state index contributed by atoms with van der Waals surface area (Å²) in [4.78, 5) is 86.0. The molecule has 2 aliphatic rings. The van der Waals surface area contributed by atoms with Gasteiger partial charge in [0.1, 0.15) is 6.04 Å². The van der Waals surface area contributed by atoms with Crippen molar-refractivity contribution in [3.63, 3.8) is 0 Å². The first-order valence-corrected chi connectivity index (χ1v) is 18.7. The molecule has 7 rings (SSSR count). The van der Waals surface area contributed by atoms with Crippen LogP contribution in [0.4, 0.5) is 11.4 Å². The van der Waals surface area contributed by atoms with Crippen molar-refractivity contribution in [2.24, 2.45) is 0 Å². The van der Waals surface area contributed by atoms with E-state index in [0.29, 0.717) is 23.4 Å². The van der Waals surface area contributed by atoms with E-state index < -0.39 is 29.7 Å². The summed E-state index contributed by atoms with van der Waals surface area (Å²) < 4.78 is 0. The van der Waals surface area contributed by atoms with Crippen LogP contribution < -0.4 is 21.3 Å². The van der Waals surface area contributed by atoms with Crippen molar-refractivity contribution < 1.29 is 28.8 Å². The fraction of sp³-hybridized carbons (Fsp3) is 0.256. The summed E-state index contributed by atoms with van der Waals surface area (Å²) in [5, 5.41) is 12.1. The Kier molecular flexibility index (Phi) is 11.2. The molecule has 13 nitrogen and oxygen atoms in total. The number of hydrogen-bond acceptors (Lipinski definition) is 9. The summed E-state index contributed by atoms with van der Waals surface area (Å²) >= 11 is 0. The number of hydrogen-bond donors (Lipinski definition) is 4. The smallest absolute Gasteiger partial charge is 0.262 e. The molecule has 0 saturated carbocycles. The number of benzene rings is 3. The molecule has 0 aliphatic carbocycles. The Bertz CT molecular complexity index is 2350. The summed E-state index contributed by atoms with van der Waals surface area (Å²) in [6.45, 7) is 0.512. The van der Waals surface area contributed by atoms with E-state index in [1.807, 2.05) is 66.9 Å². The van der Waals surface area contributed by atoms with Gasteiger partial charge in [-0.1, -0.05) is 48.9 Å². The zero-order chi connectivity index (χ0) is 39.2. The predicted molar refractivity (Wildman–Crippen MR) is 210 cm³/mol. The first kappa shape index (κ1) is 37.6. The highest BCUT2D eigenvalue weighted by Crippen LogP contribution is 2.33. The van der Waals surface area contributed by atoms with Crippen molar-refractivity contribution in [2.75, 3.05) is 18.9 Å². The third-order valence-electron chi connectivity index (χ3n) is 10.1. The van der Waals surface area contributed by atoms with Gasteiger partial charge in [0.25, 0.3) is 17.7 Å². The molecule has 0 spiro atoms. The molecular weight excluding hydrogens is 711 g/mol. The second-order valence-corrected chi connectivity index (χ2v) is 13.8. The Labute approximate surface area is 323 Å². The minimum atomic E-state index is -1.04. The second-order valence-electron chi connectivity index (χ2n) is 13.8. The number of anilines is 2. The summed E-state index contributed by atoms with van der Waals surface area (Å²) in [5.74, 6) is -2.62. The van der Waals surface area contributed by atoms with Crippen LogP contribution >= 0.6 is 0 Å². The van der Waals surface area contributed by atoms with E-state index in [1.165, 1.54) is 0 Å². The van der Waals surface area contributed by atoms with E-state index in [9.17, 15) is 28.8 Å². The van der Waals surface area contributed by atoms with Crippen LogP contribution in [0.15, 0.2) is 91.3 Å². The molecule has 284 valence electrons. The van der Waals surface area contributed by atoms with Gasteiger partial charge in [0, 0.05) is 61.2 Å². The molecule has 0 bridgehead atoms. The Balaban J connectivity index is 0.884. The summed E-state index contributed by atoms with van der Waals surface area (Å²) in [7, 11) is 1.60. The zero-order valence-electron chi connectivity index (χ0n) is 30.9. The van der Waals surface area contributed by atoms with Crippen LogP contribution in [0.3, 0.4) is 0 Å². The molecule has 1 fully saturated rings. The summed E-state index contributed by atoms with van der Waals surface area (Å²) in [6.07, 6.45) is 7.35. The fourth-order valence-electron chi connectivity index (χ4n) is 7.19. The van der Waals surface area contributed by atoms with Gasteiger partial charge in [-0.2, -0.15) is 0 Å². The van der Waals surface area contributed by atoms with E-state index >= 15 is 0 Å². The number of aromatic nitrogens is 2. The number of pyridine rings is 2. The minimum Gasteiger partial charge on any atom is -0.356 e. The molecule has 1 unspecified atom stereocenters. The molecule has 4 N–H and O–H groups in total. The number of amides is 6. The van der Waals surface area contributed by atoms with Crippen LogP contribution in [0.5, 0.6) is 0 Å². The number of fused-ring (bicyclic) bond motifs is 2. The number of para-hydroxylation sites is 1. The molecule has 2 aromatic heterocycles. The first-order valence-electron chi connectivity index (χ1n) is 18.7. The van der Waals surface area contributed by atoms with E-state index in [4.69, 9.17) is 4.98 Å². The number of nitrogens with zero attached hydrogens (tertiary/aromatic N) is 3. The average Bonchev–Trinajstić information content (AvgIpc) is 3.47. The van der Waals surface area contributed by atoms with Crippen molar-refractivity contribution in [2.45, 2.75) is 57.4 Å². The Hall–Kier alpha value is -6.76. The Morgan fingerprint density at radius 1 is 0.839 bits per heavy atom. The topological polar surface area (TPSA) is 180 Å². The summed E-state index contributed by atoms with van der Waals surface area (Å²) in [6, 6.07) is 23.6. The van der Waals surface area contributed by atoms with Gasteiger partial charge in [-0.3, -0.25) is 49.0 Å². The van der Waals surface area contributed by atoms with Crippen molar-refractivity contribution in [1.82, 2.24) is 30.8 Å². The number of carbonyl (C=O) groups excluding carboxylic acids is 6. The first-order chi connectivity index (χ1) is 27.2. The van der Waals surface area contributed by atoms with Gasteiger partial charge in [-0.05, 0) is 79.6 Å². The number of piperidine rings is 1. The maximum Gasteiger partial charge on any atom is 0.262 e. The zero-order valence-corrected chi connectivity index (χ0v) is 30.9. The van der Waals surface area contributed by atoms with Crippen LogP contribution in [0.2, 0.25) is 0 Å². The van der Waals surface area contributed by atoms with E-state index in [0.717, 1.165) is 64.0 Å². The van der Waals surface area contributed by atoms with Crippen LogP contribution in [-0.2, 0) is 27.2 Å². The SMILES string of the molecule is CNC(=O)c1cnc2ccc(-c3ccc(CCCCCNC(=O)CCc4cccc5c4C(=O)N(C4CCC(=O)NC4=O)C5=O)nc3)cc2c1Nc1ccccc1. The third kappa shape index (κ3) is 8.02. The molecule has 13 heteroatoms. The largest absolute Gasteiger partial charge is 0.356 e. The van der Waals surface area contributed by atoms with Gasteiger partial charge < -0.3 is 16.0 Å². The van der Waals surface area contributed by atoms with Gasteiger partial charge in [0.05, 0.1) is 27.9 Å². The monoisotopic (exact) mass is 751 g/mol. The Morgan fingerprint density at radius 3 is 2.43 bits per heavy atom. The van der Waals surface area contributed by atoms with Crippen molar-refractivity contribution in [3.8, 4) is 11.1 Å². The highest BCUT2D eigenvalue weighted by atomic mass is 16.2. The van der Waals surface area contributed by atoms with Crippen molar-refractivity contribution in [3.05, 3.63) is 119 Å². The van der Waals surface area contributed by atoms with Crippen LogP contribution in [0.25, 0.3) is 22.0 Å². The van der Waals surface area contributed by atoms with E-state index in [1.54, 1.807) is 31.4 Å². The van der Waals surface area contributed by atoms with Gasteiger partial charge in [-0.25, -0.2) is 0 Å². The lowest BCUT2D eigenvalue weighted by atomic mass is 9.99. The van der Waals surface area contributed by atoms with Gasteiger partial charge in [-0.15, -0.1) is 0 Å². The summed E-state index contributed by atoms with van der Waals surface area (Å²) in [5.41, 5.74) is 6.59. The standard InChI is InChI=1S/C43H41N7O6/c1-44-40(53)33-25-47-34-18-15-27(23-32(34)39(33)48-30-11-4-2-5-12-30)28-14-17-29(46-24-28)10-6-3-7-22-45-36(51)20-16-26-9-8-13-31-38(26)43(56)50(42(31)55)35-19-21-37(52)49-41(35)54/h2,4-5,8-9,11-15,17-18,23-25,35H,3,6-7,10,16,19-22H2,1H3,(H,44,53)(H,45,51)(H,47,48)(H,49,52,54). The van der Waals surface area contributed by atoms with Gasteiger partial charge >= 0.3 is 0 Å². The lowest BCUT2D eigenvalue weighted by molar-refractivity contribution is -0.136. The molecule has 6 amide bonds. The molecule has 3 aromatic carbocycles. The lowest BCUT2D eigenvalue weighted by Gasteiger charge is -2.27. The molecule has 2 aliphatic heterocycles. The normalized spacial score (nSPS) is 15.1. The highest BCUT2D eigenvalue weighted by molar-refractivity contribution is 6.24. The number of aryl methyl sites for hydroxylation is 2. The predicted octanol–water partition coefficient (Wildman–Crippen LogP) is 5.26. The van der Waals surface area contributed by atoms with Crippen molar-refractivity contribution in [1.29, 1.82) is 0 Å². The van der Waals surface area contributed by atoms with Gasteiger partial charge in [0.15, 0.2) is 0 Å². The lowest BCUT2D eigenvalue weighted by Crippen LogP contribution is -2.54. The van der Waals surface area contributed by atoms with Crippen LogP contribution in [0.1, 0.15) is 80.9 Å². The van der Waals surface area contributed by atoms with E-state index in [-0.39, 0.29) is 48.6 Å². The fourth-order valence-corrected chi connectivity index (χ4v) is 7.19. The maximum atomic E-state index is 13.3.